The lowest BCUT2D eigenvalue weighted by atomic mass is 10.2. The Morgan fingerprint density at radius 1 is 1.56 bits per heavy atom. The molecule has 0 saturated heterocycles. The second kappa shape index (κ2) is 5.70. The molecule has 5 heteroatoms. The summed E-state index contributed by atoms with van der Waals surface area (Å²) in [7, 11) is 1.32. The zero-order valence-electron chi connectivity index (χ0n) is 9.54. The molecule has 1 rings (SSSR count). The number of rotatable bonds is 4. The number of hydrogen-bond donors (Lipinski definition) is 0. The molecular weight excluding hydrogens is 230 g/mol. The largest absolute Gasteiger partial charge is 0.477 e. The van der Waals surface area contributed by atoms with E-state index < -0.39 is 5.97 Å². The van der Waals surface area contributed by atoms with Crippen LogP contribution in [-0.2, 0) is 4.74 Å². The van der Waals surface area contributed by atoms with E-state index in [1.165, 1.54) is 13.2 Å². The first kappa shape index (κ1) is 12.8. The molecule has 0 N–H and O–H groups in total. The van der Waals surface area contributed by atoms with Crippen LogP contribution in [0, 0.1) is 6.92 Å². The van der Waals surface area contributed by atoms with Crippen molar-refractivity contribution in [2.24, 2.45) is 0 Å². The summed E-state index contributed by atoms with van der Waals surface area (Å²) >= 11 is 5.94. The maximum atomic E-state index is 11.4. The SMILES string of the molecule is CCCOc1nc(C)c(C(=O)OC)cc1Cl. The predicted molar refractivity (Wildman–Crippen MR) is 61.1 cm³/mol. The summed E-state index contributed by atoms with van der Waals surface area (Å²) in [6.45, 7) is 4.24. The highest BCUT2D eigenvalue weighted by molar-refractivity contribution is 6.32. The van der Waals surface area contributed by atoms with Crippen molar-refractivity contribution in [1.82, 2.24) is 4.98 Å². The number of carbonyl (C=O) groups is 1. The number of aromatic nitrogens is 1. The summed E-state index contributed by atoms with van der Waals surface area (Å²) in [5.74, 6) is -0.0948. The van der Waals surface area contributed by atoms with E-state index >= 15 is 0 Å². The normalized spacial score (nSPS) is 10.0. The van der Waals surface area contributed by atoms with Crippen LogP contribution in [0.5, 0.6) is 5.88 Å². The van der Waals surface area contributed by atoms with Crippen molar-refractivity contribution in [1.29, 1.82) is 0 Å². The number of carbonyl (C=O) groups excluding carboxylic acids is 1. The molecule has 0 saturated carbocycles. The number of aryl methyl sites for hydroxylation is 1. The maximum absolute atomic E-state index is 11.4. The van der Waals surface area contributed by atoms with E-state index in [1.807, 2.05) is 6.92 Å². The number of esters is 1. The molecule has 16 heavy (non-hydrogen) atoms. The molecule has 88 valence electrons. The molecule has 1 aromatic heterocycles. The lowest BCUT2D eigenvalue weighted by Gasteiger charge is -2.09. The summed E-state index contributed by atoms with van der Waals surface area (Å²) < 4.78 is 9.95. The van der Waals surface area contributed by atoms with Gasteiger partial charge in [-0.2, -0.15) is 0 Å². The maximum Gasteiger partial charge on any atom is 0.339 e. The minimum atomic E-state index is -0.450. The van der Waals surface area contributed by atoms with Gasteiger partial charge < -0.3 is 9.47 Å². The monoisotopic (exact) mass is 243 g/mol. The lowest BCUT2D eigenvalue weighted by Crippen LogP contribution is -2.07. The van der Waals surface area contributed by atoms with Gasteiger partial charge >= 0.3 is 5.97 Å². The molecular formula is C11H14ClNO3. The van der Waals surface area contributed by atoms with Gasteiger partial charge in [0.2, 0.25) is 5.88 Å². The Hall–Kier alpha value is -1.29. The summed E-state index contributed by atoms with van der Waals surface area (Å²) in [4.78, 5) is 15.5. The van der Waals surface area contributed by atoms with Crippen molar-refractivity contribution in [2.45, 2.75) is 20.3 Å². The molecule has 0 atom stereocenters. The van der Waals surface area contributed by atoms with Gasteiger partial charge in [-0.3, -0.25) is 0 Å². The molecule has 0 spiro atoms. The number of ether oxygens (including phenoxy) is 2. The first-order valence-electron chi connectivity index (χ1n) is 4.98. The third-order valence-corrected chi connectivity index (χ3v) is 2.25. The zero-order chi connectivity index (χ0) is 12.1. The van der Waals surface area contributed by atoms with Gasteiger partial charge in [0.15, 0.2) is 0 Å². The highest BCUT2D eigenvalue weighted by Crippen LogP contribution is 2.25. The van der Waals surface area contributed by atoms with Crippen molar-refractivity contribution < 1.29 is 14.3 Å². The van der Waals surface area contributed by atoms with E-state index in [2.05, 4.69) is 9.72 Å². The van der Waals surface area contributed by atoms with Crippen LogP contribution in [0.25, 0.3) is 0 Å². The van der Waals surface area contributed by atoms with Crippen LogP contribution in [0.15, 0.2) is 6.07 Å². The van der Waals surface area contributed by atoms with E-state index in [0.717, 1.165) is 6.42 Å². The minimum absolute atomic E-state index is 0.319. The Morgan fingerprint density at radius 2 is 2.25 bits per heavy atom. The Balaban J connectivity index is 3.02. The zero-order valence-corrected chi connectivity index (χ0v) is 10.3. The Bertz CT molecular complexity index is 393. The number of pyridine rings is 1. The molecule has 0 amide bonds. The summed E-state index contributed by atoms with van der Waals surface area (Å²) in [5, 5.41) is 0.319. The molecule has 0 aromatic carbocycles. The van der Waals surface area contributed by atoms with Crippen LogP contribution in [0.4, 0.5) is 0 Å². The van der Waals surface area contributed by atoms with Crippen molar-refractivity contribution in [3.63, 3.8) is 0 Å². The molecule has 1 heterocycles. The fraction of sp³-hybridized carbons (Fsp3) is 0.455. The third-order valence-electron chi connectivity index (χ3n) is 1.98. The molecule has 0 aliphatic carbocycles. The van der Waals surface area contributed by atoms with Gasteiger partial charge in [0.25, 0.3) is 0 Å². The van der Waals surface area contributed by atoms with Gasteiger partial charge in [0, 0.05) is 0 Å². The van der Waals surface area contributed by atoms with Crippen molar-refractivity contribution >= 4 is 17.6 Å². The van der Waals surface area contributed by atoms with Gasteiger partial charge in [-0.1, -0.05) is 18.5 Å². The van der Waals surface area contributed by atoms with Crippen LogP contribution >= 0.6 is 11.6 Å². The number of hydrogen-bond acceptors (Lipinski definition) is 4. The van der Waals surface area contributed by atoms with E-state index in [4.69, 9.17) is 16.3 Å². The smallest absolute Gasteiger partial charge is 0.339 e. The van der Waals surface area contributed by atoms with Crippen molar-refractivity contribution in [2.75, 3.05) is 13.7 Å². The van der Waals surface area contributed by atoms with Gasteiger partial charge in [-0.15, -0.1) is 0 Å². The summed E-state index contributed by atoms with van der Waals surface area (Å²) in [6.07, 6.45) is 0.871. The molecule has 1 aromatic rings. The van der Waals surface area contributed by atoms with Crippen LogP contribution in [0.3, 0.4) is 0 Å². The molecule has 0 radical (unpaired) electrons. The van der Waals surface area contributed by atoms with Crippen molar-refractivity contribution in [3.8, 4) is 5.88 Å². The standard InChI is InChI=1S/C11H14ClNO3/c1-4-5-16-10-9(12)6-8(7(2)13-10)11(14)15-3/h6H,4-5H2,1-3H3. The van der Waals surface area contributed by atoms with Crippen LogP contribution in [0.1, 0.15) is 29.4 Å². The summed E-state index contributed by atoms with van der Waals surface area (Å²) in [6, 6.07) is 1.51. The second-order valence-corrected chi connectivity index (χ2v) is 3.66. The Kier molecular flexibility index (Phi) is 4.55. The van der Waals surface area contributed by atoms with Crippen molar-refractivity contribution in [3.05, 3.63) is 22.3 Å². The number of nitrogens with zero attached hydrogens (tertiary/aromatic N) is 1. The van der Waals surface area contributed by atoms with Crippen LogP contribution in [0.2, 0.25) is 5.02 Å². The van der Waals surface area contributed by atoms with Gasteiger partial charge in [-0.05, 0) is 19.4 Å². The first-order chi connectivity index (χ1) is 7.60. The van der Waals surface area contributed by atoms with Crippen LogP contribution in [-0.4, -0.2) is 24.7 Å². The average molecular weight is 244 g/mol. The Labute approximate surface area is 99.5 Å². The molecule has 0 aliphatic heterocycles. The second-order valence-electron chi connectivity index (χ2n) is 3.25. The van der Waals surface area contributed by atoms with Gasteiger partial charge in [0.05, 0.1) is 25.0 Å². The third kappa shape index (κ3) is 2.85. The molecule has 0 fully saturated rings. The quantitative estimate of drug-likeness (QED) is 0.763. The molecule has 0 aliphatic rings. The number of halogens is 1. The van der Waals surface area contributed by atoms with Crippen LogP contribution < -0.4 is 4.74 Å². The average Bonchev–Trinajstić information content (AvgIpc) is 2.28. The fourth-order valence-corrected chi connectivity index (χ4v) is 1.38. The minimum Gasteiger partial charge on any atom is -0.477 e. The highest BCUT2D eigenvalue weighted by Gasteiger charge is 2.14. The summed E-state index contributed by atoms with van der Waals surface area (Å²) in [5.41, 5.74) is 0.902. The molecule has 4 nitrogen and oxygen atoms in total. The van der Waals surface area contributed by atoms with E-state index in [-0.39, 0.29) is 0 Å². The first-order valence-corrected chi connectivity index (χ1v) is 5.36. The van der Waals surface area contributed by atoms with Gasteiger partial charge in [-0.25, -0.2) is 9.78 Å². The fourth-order valence-electron chi connectivity index (χ4n) is 1.18. The van der Waals surface area contributed by atoms with Gasteiger partial charge in [0.1, 0.15) is 5.02 Å². The van der Waals surface area contributed by atoms with E-state index in [9.17, 15) is 4.79 Å². The van der Waals surface area contributed by atoms with E-state index in [1.54, 1.807) is 6.92 Å². The highest BCUT2D eigenvalue weighted by atomic mass is 35.5. The Morgan fingerprint density at radius 3 is 2.81 bits per heavy atom. The molecule has 0 unspecified atom stereocenters. The van der Waals surface area contributed by atoms with E-state index in [0.29, 0.717) is 28.8 Å². The topological polar surface area (TPSA) is 48.4 Å². The lowest BCUT2D eigenvalue weighted by molar-refractivity contribution is 0.0599. The molecule has 0 bridgehead atoms. The number of methoxy groups -OCH3 is 1. The predicted octanol–water partition coefficient (Wildman–Crippen LogP) is 2.62.